The second-order valence-corrected chi connectivity index (χ2v) is 7.00. The molecule has 1 aromatic carbocycles. The molecule has 0 N–H and O–H groups in total. The molecule has 0 amide bonds. The Morgan fingerprint density at radius 1 is 1.13 bits per heavy atom. The summed E-state index contributed by atoms with van der Waals surface area (Å²) in [6.07, 6.45) is 3.19. The third kappa shape index (κ3) is 3.18. The third-order valence-corrected chi connectivity index (χ3v) is 5.49. The summed E-state index contributed by atoms with van der Waals surface area (Å²) in [5.41, 5.74) is 0. The minimum Gasteiger partial charge on any atom is -0.489 e. The topological polar surface area (TPSA) is 59.5 Å². The molecule has 0 aliphatic carbocycles. The number of ether oxygens (including phenoxy) is 1. The molecule has 0 radical (unpaired) electrons. The van der Waals surface area contributed by atoms with E-state index in [4.69, 9.17) is 4.74 Å². The molecule has 1 atom stereocenters. The van der Waals surface area contributed by atoms with Gasteiger partial charge in [-0.1, -0.05) is 6.07 Å². The Balaban J connectivity index is 1.78. The number of aromatic nitrogens is 1. The highest BCUT2D eigenvalue weighted by molar-refractivity contribution is 7.89. The Hall–Kier alpha value is -2.06. The van der Waals surface area contributed by atoms with Crippen molar-refractivity contribution < 1.29 is 21.9 Å². The Morgan fingerprint density at radius 3 is 2.43 bits per heavy atom. The molecule has 5 nitrogen and oxygen atoms in total. The Kier molecular flexibility index (Phi) is 4.27. The number of rotatable bonds is 4. The molecule has 1 saturated heterocycles. The molecule has 8 heteroatoms. The van der Waals surface area contributed by atoms with Crippen LogP contribution in [0.1, 0.15) is 6.42 Å². The number of benzene rings is 1. The van der Waals surface area contributed by atoms with Gasteiger partial charge >= 0.3 is 0 Å². The summed E-state index contributed by atoms with van der Waals surface area (Å²) in [5, 5.41) is 0. The van der Waals surface area contributed by atoms with E-state index in [9.17, 15) is 17.2 Å². The lowest BCUT2D eigenvalue weighted by molar-refractivity contribution is 0.215. The van der Waals surface area contributed by atoms with Crippen molar-refractivity contribution in [3.63, 3.8) is 0 Å². The summed E-state index contributed by atoms with van der Waals surface area (Å²) < 4.78 is 59.1. The molecule has 122 valence electrons. The maximum atomic E-state index is 13.8. The standard InChI is InChI=1S/C15H14F2N2O3S/c16-13-2-1-3-14(17)15(13)23(20,21)19-9-6-12(10-19)22-11-4-7-18-8-5-11/h1-5,7-8,12H,6,9-10H2/t12-/m1/s1. The maximum absolute atomic E-state index is 13.8. The molecule has 2 aromatic rings. The average molecular weight is 340 g/mol. The van der Waals surface area contributed by atoms with E-state index in [0.29, 0.717) is 12.2 Å². The Labute approximate surface area is 132 Å². The van der Waals surface area contributed by atoms with Crippen LogP contribution in [0.25, 0.3) is 0 Å². The first-order valence-electron chi connectivity index (χ1n) is 6.99. The summed E-state index contributed by atoms with van der Waals surface area (Å²) in [6.45, 7) is 0.185. The van der Waals surface area contributed by atoms with Crippen molar-refractivity contribution in [2.75, 3.05) is 13.1 Å². The van der Waals surface area contributed by atoms with Gasteiger partial charge in [0.15, 0.2) is 4.90 Å². The first kappa shape index (κ1) is 15.8. The van der Waals surface area contributed by atoms with Gasteiger partial charge in [-0.3, -0.25) is 4.98 Å². The van der Waals surface area contributed by atoms with Crippen LogP contribution in [0.4, 0.5) is 8.78 Å². The molecule has 0 unspecified atom stereocenters. The van der Waals surface area contributed by atoms with Gasteiger partial charge < -0.3 is 4.74 Å². The zero-order chi connectivity index (χ0) is 16.4. The smallest absolute Gasteiger partial charge is 0.249 e. The Morgan fingerprint density at radius 2 is 1.78 bits per heavy atom. The number of pyridine rings is 1. The van der Waals surface area contributed by atoms with Crippen LogP contribution in [0.15, 0.2) is 47.6 Å². The van der Waals surface area contributed by atoms with Gasteiger partial charge in [0.1, 0.15) is 23.5 Å². The Bertz CT molecular complexity index is 779. The van der Waals surface area contributed by atoms with Crippen molar-refractivity contribution in [3.8, 4) is 5.75 Å². The van der Waals surface area contributed by atoms with Crippen LogP contribution in [0.3, 0.4) is 0 Å². The van der Waals surface area contributed by atoms with E-state index in [-0.39, 0.29) is 19.2 Å². The van der Waals surface area contributed by atoms with Gasteiger partial charge in [0.2, 0.25) is 10.0 Å². The van der Waals surface area contributed by atoms with Crippen LogP contribution < -0.4 is 4.74 Å². The highest BCUT2D eigenvalue weighted by atomic mass is 32.2. The minimum absolute atomic E-state index is 0.0401. The number of hydrogen-bond acceptors (Lipinski definition) is 4. The van der Waals surface area contributed by atoms with Gasteiger partial charge in [0.25, 0.3) is 0 Å². The number of hydrogen-bond donors (Lipinski definition) is 0. The molecule has 0 spiro atoms. The third-order valence-electron chi connectivity index (χ3n) is 3.58. The zero-order valence-electron chi connectivity index (χ0n) is 12.0. The van der Waals surface area contributed by atoms with E-state index in [1.54, 1.807) is 24.5 Å². The predicted octanol–water partition coefficient (Wildman–Crippen LogP) is 2.20. The lowest BCUT2D eigenvalue weighted by atomic mass is 10.3. The quantitative estimate of drug-likeness (QED) is 0.856. The molecular weight excluding hydrogens is 326 g/mol. The van der Waals surface area contributed by atoms with Gasteiger partial charge in [-0.25, -0.2) is 17.2 Å². The van der Waals surface area contributed by atoms with E-state index in [0.717, 1.165) is 22.5 Å². The van der Waals surface area contributed by atoms with E-state index in [1.807, 2.05) is 0 Å². The fourth-order valence-corrected chi connectivity index (χ4v) is 4.07. The SMILES string of the molecule is O=S(=O)(c1c(F)cccc1F)N1CC[C@@H](Oc2ccncc2)C1. The normalized spacial score (nSPS) is 19.0. The minimum atomic E-state index is -4.23. The van der Waals surface area contributed by atoms with Gasteiger partial charge in [-0.05, 0) is 30.7 Å². The second kappa shape index (κ2) is 6.21. The summed E-state index contributed by atoms with van der Waals surface area (Å²) >= 11 is 0. The van der Waals surface area contributed by atoms with E-state index in [2.05, 4.69) is 4.98 Å². The molecule has 0 bridgehead atoms. The van der Waals surface area contributed by atoms with Crippen molar-refractivity contribution in [1.29, 1.82) is 0 Å². The van der Waals surface area contributed by atoms with Crippen molar-refractivity contribution in [2.24, 2.45) is 0 Å². The van der Waals surface area contributed by atoms with Crippen LogP contribution in [-0.2, 0) is 10.0 Å². The molecule has 2 heterocycles. The molecule has 1 aromatic heterocycles. The van der Waals surface area contributed by atoms with Crippen molar-refractivity contribution in [1.82, 2.24) is 9.29 Å². The molecule has 0 saturated carbocycles. The van der Waals surface area contributed by atoms with Crippen LogP contribution in [0, 0.1) is 11.6 Å². The van der Waals surface area contributed by atoms with Gasteiger partial charge in [-0.2, -0.15) is 4.31 Å². The first-order chi connectivity index (χ1) is 11.0. The van der Waals surface area contributed by atoms with Crippen LogP contribution >= 0.6 is 0 Å². The van der Waals surface area contributed by atoms with E-state index >= 15 is 0 Å². The van der Waals surface area contributed by atoms with E-state index in [1.165, 1.54) is 0 Å². The predicted molar refractivity (Wildman–Crippen MR) is 78.4 cm³/mol. The fourth-order valence-electron chi connectivity index (χ4n) is 2.48. The summed E-state index contributed by atoms with van der Waals surface area (Å²) in [4.78, 5) is 2.95. The number of nitrogens with zero attached hydrogens (tertiary/aromatic N) is 2. The van der Waals surface area contributed by atoms with Crippen LogP contribution in [0.5, 0.6) is 5.75 Å². The number of sulfonamides is 1. The molecule has 1 aliphatic heterocycles. The van der Waals surface area contributed by atoms with Gasteiger partial charge in [-0.15, -0.1) is 0 Å². The van der Waals surface area contributed by atoms with E-state index < -0.39 is 26.6 Å². The first-order valence-corrected chi connectivity index (χ1v) is 8.43. The molecule has 1 fully saturated rings. The number of halogens is 2. The zero-order valence-corrected chi connectivity index (χ0v) is 12.8. The van der Waals surface area contributed by atoms with Crippen molar-refractivity contribution >= 4 is 10.0 Å². The van der Waals surface area contributed by atoms with Gasteiger partial charge in [0.05, 0.1) is 6.54 Å². The summed E-state index contributed by atoms with van der Waals surface area (Å²) in [6, 6.07) is 6.30. The van der Waals surface area contributed by atoms with Crippen LogP contribution in [0.2, 0.25) is 0 Å². The monoisotopic (exact) mass is 340 g/mol. The van der Waals surface area contributed by atoms with Gasteiger partial charge in [0, 0.05) is 18.9 Å². The van der Waals surface area contributed by atoms with Crippen LogP contribution in [-0.4, -0.2) is 36.9 Å². The average Bonchev–Trinajstić information content (AvgIpc) is 2.97. The molecule has 1 aliphatic rings. The highest BCUT2D eigenvalue weighted by Gasteiger charge is 2.36. The fraction of sp³-hybridized carbons (Fsp3) is 0.267. The summed E-state index contributed by atoms with van der Waals surface area (Å²) in [7, 11) is -4.23. The molecule has 3 rings (SSSR count). The highest BCUT2D eigenvalue weighted by Crippen LogP contribution is 2.27. The summed E-state index contributed by atoms with van der Waals surface area (Å²) in [5.74, 6) is -1.62. The lowest BCUT2D eigenvalue weighted by Crippen LogP contribution is -2.32. The molecule has 23 heavy (non-hydrogen) atoms. The van der Waals surface area contributed by atoms with Crippen molar-refractivity contribution in [2.45, 2.75) is 17.4 Å². The lowest BCUT2D eigenvalue weighted by Gasteiger charge is -2.18. The second-order valence-electron chi connectivity index (χ2n) is 5.13. The maximum Gasteiger partial charge on any atom is 0.249 e. The largest absolute Gasteiger partial charge is 0.489 e. The molecular formula is C15H14F2N2O3S. The van der Waals surface area contributed by atoms with Crippen molar-refractivity contribution in [3.05, 3.63) is 54.4 Å².